The lowest BCUT2D eigenvalue weighted by atomic mass is 10.2. The Bertz CT molecular complexity index is 144. The van der Waals surface area contributed by atoms with Gasteiger partial charge < -0.3 is 16.0 Å². The minimum Gasteiger partial charge on any atom is -0.627 e. The van der Waals surface area contributed by atoms with Crippen LogP contribution in [-0.2, 0) is 4.79 Å². The van der Waals surface area contributed by atoms with Gasteiger partial charge in [-0.1, -0.05) is 0 Å². The maximum Gasteiger partial charge on any atom is 0.326 e. The van der Waals surface area contributed by atoms with Crippen molar-refractivity contribution in [2.45, 2.75) is 25.7 Å². The van der Waals surface area contributed by atoms with E-state index < -0.39 is 5.91 Å². The van der Waals surface area contributed by atoms with Gasteiger partial charge in [0.05, 0.1) is 13.1 Å². The van der Waals surface area contributed by atoms with Crippen LogP contribution in [0.25, 0.3) is 0 Å². The van der Waals surface area contributed by atoms with Crippen LogP contribution in [0.1, 0.15) is 25.7 Å². The Morgan fingerprint density at radius 1 is 1.31 bits per heavy atom. The van der Waals surface area contributed by atoms with E-state index in [1.54, 1.807) is 0 Å². The van der Waals surface area contributed by atoms with Crippen molar-refractivity contribution < 1.29 is 15.6 Å². The van der Waals surface area contributed by atoms with Crippen LogP contribution < -0.4 is 10.8 Å². The van der Waals surface area contributed by atoms with Crippen molar-refractivity contribution in [3.8, 4) is 0 Å². The summed E-state index contributed by atoms with van der Waals surface area (Å²) in [6, 6.07) is 0. The van der Waals surface area contributed by atoms with Gasteiger partial charge in [0.1, 0.15) is 5.88 Å². The predicted molar refractivity (Wildman–Crippen MR) is 51.1 cm³/mol. The fraction of sp³-hybridized carbons (Fsp3) is 0.875. The van der Waals surface area contributed by atoms with Crippen molar-refractivity contribution >= 4 is 17.5 Å². The van der Waals surface area contributed by atoms with Gasteiger partial charge in [0.2, 0.25) is 0 Å². The molecule has 13 heavy (non-hydrogen) atoms. The quantitative estimate of drug-likeness (QED) is 0.319. The second-order valence-electron chi connectivity index (χ2n) is 3.00. The molecular weight excluding hydrogens is 192 g/mol. The molecule has 0 bridgehead atoms. The van der Waals surface area contributed by atoms with Gasteiger partial charge in [-0.15, -0.1) is 11.6 Å². The molecule has 4 N–H and O–H groups in total. The molecule has 0 aliphatic heterocycles. The molecule has 78 valence electrons. The minimum absolute atomic E-state index is 0.183. The molecule has 0 radical (unpaired) electrons. The van der Waals surface area contributed by atoms with Crippen molar-refractivity contribution in [3.63, 3.8) is 0 Å². The number of carbonyl (C=O) groups excluding carboxylic acids is 1. The van der Waals surface area contributed by atoms with E-state index >= 15 is 0 Å². The van der Waals surface area contributed by atoms with Crippen LogP contribution in [0, 0.1) is 5.21 Å². The lowest BCUT2D eigenvalue weighted by molar-refractivity contribution is -0.764. The van der Waals surface area contributed by atoms with E-state index in [9.17, 15) is 10.0 Å². The molecule has 4 nitrogen and oxygen atoms in total. The summed E-state index contributed by atoms with van der Waals surface area (Å²) < 4.78 is 0. The largest absolute Gasteiger partial charge is 0.627 e. The topological polar surface area (TPSA) is 72.2 Å². The summed E-state index contributed by atoms with van der Waals surface area (Å²) in [6.07, 6.45) is 3.97. The highest BCUT2D eigenvalue weighted by molar-refractivity contribution is 6.26. The fourth-order valence-corrected chi connectivity index (χ4v) is 1.18. The zero-order valence-corrected chi connectivity index (χ0v) is 8.61. The highest BCUT2D eigenvalue weighted by Gasteiger charge is 2.07. The van der Waals surface area contributed by atoms with Crippen molar-refractivity contribution in [2.75, 3.05) is 19.0 Å². The first-order valence-corrected chi connectivity index (χ1v) is 5.17. The van der Waals surface area contributed by atoms with Crippen molar-refractivity contribution in [3.05, 3.63) is 5.21 Å². The molecule has 0 aromatic carbocycles. The number of quaternary nitrogens is 2. The van der Waals surface area contributed by atoms with E-state index in [1.165, 1.54) is 0 Å². The maximum atomic E-state index is 11.0. The lowest BCUT2D eigenvalue weighted by Gasteiger charge is -2.17. The average molecular weight is 210 g/mol. The van der Waals surface area contributed by atoms with E-state index in [0.717, 1.165) is 32.2 Å². The lowest BCUT2D eigenvalue weighted by Crippen LogP contribution is -3.10. The molecule has 0 aromatic rings. The number of unbranched alkanes of at least 4 members (excludes halogenated alkanes) is 3. The van der Waals surface area contributed by atoms with Gasteiger partial charge in [-0.3, -0.25) is 0 Å². The molecule has 0 rings (SSSR count). The highest BCUT2D eigenvalue weighted by atomic mass is 35.5. The molecule has 0 fully saturated rings. The number of halogens is 1. The van der Waals surface area contributed by atoms with Crippen LogP contribution in [0.2, 0.25) is 0 Å². The average Bonchev–Trinajstić information content (AvgIpc) is 2.16. The SMILES string of the molecule is [NH3+]CCCCCC[NH+]([O-])C(=O)CCl. The van der Waals surface area contributed by atoms with E-state index in [4.69, 9.17) is 11.6 Å². The maximum absolute atomic E-state index is 11.0. The van der Waals surface area contributed by atoms with E-state index in [1.807, 2.05) is 0 Å². The fourth-order valence-electron chi connectivity index (χ4n) is 1.03. The molecule has 0 saturated carbocycles. The number of hydroxylamine groups is 2. The Morgan fingerprint density at radius 2 is 1.92 bits per heavy atom. The van der Waals surface area contributed by atoms with Crippen LogP contribution >= 0.6 is 11.6 Å². The van der Waals surface area contributed by atoms with Crippen LogP contribution in [0.3, 0.4) is 0 Å². The van der Waals surface area contributed by atoms with Crippen LogP contribution in [0.15, 0.2) is 0 Å². The number of hydrogen-bond acceptors (Lipinski definition) is 2. The summed E-state index contributed by atoms with van der Waals surface area (Å²) in [5, 5.41) is 10.6. The van der Waals surface area contributed by atoms with Crippen molar-refractivity contribution in [1.82, 2.24) is 0 Å². The second kappa shape index (κ2) is 8.44. The summed E-state index contributed by atoms with van der Waals surface area (Å²) in [4.78, 5) is 10.7. The summed E-state index contributed by atoms with van der Waals surface area (Å²) in [5.74, 6) is -0.642. The first kappa shape index (κ1) is 12.8. The Hall–Kier alpha value is -0.160. The molecule has 5 heteroatoms. The first-order valence-electron chi connectivity index (χ1n) is 4.63. The smallest absolute Gasteiger partial charge is 0.326 e. The number of alkyl halides is 1. The van der Waals surface area contributed by atoms with Gasteiger partial charge >= 0.3 is 5.91 Å². The standard InChI is InChI=1S/C8H17ClN2O2/c9-7-8(12)11(13)6-4-2-1-3-5-10/h11H,1-7,10H2/p+1. The molecular formula is C8H18ClN2O2+. The Labute approximate surface area is 83.6 Å². The number of rotatable bonds is 7. The second-order valence-corrected chi connectivity index (χ2v) is 3.27. The molecule has 0 aromatic heterocycles. The molecule has 0 aliphatic rings. The Morgan fingerprint density at radius 3 is 2.46 bits per heavy atom. The van der Waals surface area contributed by atoms with Crippen molar-refractivity contribution in [1.29, 1.82) is 0 Å². The molecule has 0 spiro atoms. The number of nitrogens with one attached hydrogen (secondary N) is 1. The normalized spacial score (nSPS) is 12.8. The Balaban J connectivity index is 3.26. The summed E-state index contributed by atoms with van der Waals surface area (Å²) in [6.45, 7) is 1.29. The third-order valence-corrected chi connectivity index (χ3v) is 2.08. The van der Waals surface area contributed by atoms with Crippen LogP contribution in [0.5, 0.6) is 0 Å². The van der Waals surface area contributed by atoms with Gasteiger partial charge in [0, 0.05) is 0 Å². The monoisotopic (exact) mass is 209 g/mol. The molecule has 0 heterocycles. The molecule has 1 atom stereocenters. The van der Waals surface area contributed by atoms with Gasteiger partial charge in [0.25, 0.3) is 0 Å². The first-order chi connectivity index (χ1) is 6.22. The third-order valence-electron chi connectivity index (χ3n) is 1.84. The Kier molecular flexibility index (Phi) is 8.33. The van der Waals surface area contributed by atoms with Gasteiger partial charge in [-0.25, -0.2) is 4.79 Å². The molecule has 0 aliphatic carbocycles. The summed E-state index contributed by atoms with van der Waals surface area (Å²) >= 11 is 5.23. The summed E-state index contributed by atoms with van der Waals surface area (Å²) in [7, 11) is 0. The van der Waals surface area contributed by atoms with Gasteiger partial charge in [-0.05, 0) is 25.7 Å². The zero-order chi connectivity index (χ0) is 10.1. The number of carbonyl (C=O) groups is 1. The third kappa shape index (κ3) is 6.95. The zero-order valence-electron chi connectivity index (χ0n) is 7.85. The number of hydrogen-bond donors (Lipinski definition) is 2. The molecule has 1 amide bonds. The van der Waals surface area contributed by atoms with Gasteiger partial charge in [-0.2, -0.15) is 0 Å². The highest BCUT2D eigenvalue weighted by Crippen LogP contribution is 1.95. The van der Waals surface area contributed by atoms with E-state index in [-0.39, 0.29) is 10.9 Å². The predicted octanol–water partition coefficient (Wildman–Crippen LogP) is -1.06. The van der Waals surface area contributed by atoms with Gasteiger partial charge in [0.15, 0.2) is 0 Å². The van der Waals surface area contributed by atoms with Crippen LogP contribution in [0.4, 0.5) is 0 Å². The van der Waals surface area contributed by atoms with E-state index in [2.05, 4.69) is 5.73 Å². The molecule has 1 unspecified atom stereocenters. The minimum atomic E-state index is -0.459. The van der Waals surface area contributed by atoms with Crippen LogP contribution in [-0.4, -0.2) is 24.9 Å². The molecule has 0 saturated heterocycles. The van der Waals surface area contributed by atoms with Crippen molar-refractivity contribution in [2.24, 2.45) is 0 Å². The number of amides is 1. The summed E-state index contributed by atoms with van der Waals surface area (Å²) in [5.41, 5.74) is 3.72. The van der Waals surface area contributed by atoms with E-state index in [0.29, 0.717) is 6.54 Å².